The van der Waals surface area contributed by atoms with Crippen molar-refractivity contribution in [2.45, 2.75) is 19.8 Å². The molecule has 84 valence electrons. The van der Waals surface area contributed by atoms with Crippen LogP contribution in [0.3, 0.4) is 0 Å². The molecule has 1 aliphatic rings. The number of benzene rings is 1. The molecule has 0 spiro atoms. The van der Waals surface area contributed by atoms with Crippen LogP contribution in [0.15, 0.2) is 24.3 Å². The van der Waals surface area contributed by atoms with Crippen molar-refractivity contribution in [3.8, 4) is 0 Å². The standard InChI is InChI=1S/C13H17N3/c1-2-10-7-8-16(9-10)13-14-11-5-3-4-6-12(11)15-13/h3-6,10H,2,7-9H2,1H3,(H,14,15). The monoisotopic (exact) mass is 215 g/mol. The van der Waals surface area contributed by atoms with E-state index in [1.165, 1.54) is 12.8 Å². The predicted octanol–water partition coefficient (Wildman–Crippen LogP) is 2.80. The van der Waals surface area contributed by atoms with E-state index in [0.717, 1.165) is 36.0 Å². The van der Waals surface area contributed by atoms with Crippen LogP contribution < -0.4 is 4.90 Å². The summed E-state index contributed by atoms with van der Waals surface area (Å²) in [6.07, 6.45) is 2.57. The number of H-pyrrole nitrogens is 1. The van der Waals surface area contributed by atoms with Crippen molar-refractivity contribution < 1.29 is 0 Å². The van der Waals surface area contributed by atoms with Gasteiger partial charge in [-0.05, 0) is 24.5 Å². The molecule has 16 heavy (non-hydrogen) atoms. The lowest BCUT2D eigenvalue weighted by molar-refractivity contribution is 0.568. The molecule has 1 aromatic carbocycles. The topological polar surface area (TPSA) is 31.9 Å². The number of imidazole rings is 1. The Bertz CT molecular complexity index is 456. The van der Waals surface area contributed by atoms with Crippen LogP contribution in [0.4, 0.5) is 5.95 Å². The van der Waals surface area contributed by atoms with Crippen LogP contribution in [0, 0.1) is 5.92 Å². The van der Waals surface area contributed by atoms with E-state index in [0.29, 0.717) is 0 Å². The van der Waals surface area contributed by atoms with Crippen LogP contribution >= 0.6 is 0 Å². The van der Waals surface area contributed by atoms with E-state index in [9.17, 15) is 0 Å². The van der Waals surface area contributed by atoms with Crippen molar-refractivity contribution in [2.75, 3.05) is 18.0 Å². The number of para-hydroxylation sites is 2. The molecule has 0 bridgehead atoms. The van der Waals surface area contributed by atoms with Crippen LogP contribution in [-0.4, -0.2) is 23.1 Å². The molecule has 0 amide bonds. The van der Waals surface area contributed by atoms with Gasteiger partial charge >= 0.3 is 0 Å². The second kappa shape index (κ2) is 3.81. The van der Waals surface area contributed by atoms with Gasteiger partial charge in [-0.2, -0.15) is 0 Å². The summed E-state index contributed by atoms with van der Waals surface area (Å²) in [5.74, 6) is 1.88. The molecule has 0 saturated carbocycles. The number of aromatic amines is 1. The highest BCUT2D eigenvalue weighted by atomic mass is 15.3. The van der Waals surface area contributed by atoms with Gasteiger partial charge in [0.15, 0.2) is 0 Å². The minimum Gasteiger partial charge on any atom is -0.342 e. The summed E-state index contributed by atoms with van der Waals surface area (Å²) in [5.41, 5.74) is 2.20. The fourth-order valence-electron chi connectivity index (χ4n) is 2.45. The molecule has 1 fully saturated rings. The van der Waals surface area contributed by atoms with Crippen molar-refractivity contribution in [2.24, 2.45) is 5.92 Å². The average molecular weight is 215 g/mol. The summed E-state index contributed by atoms with van der Waals surface area (Å²) in [4.78, 5) is 10.4. The second-order valence-corrected chi connectivity index (χ2v) is 4.59. The fraction of sp³-hybridized carbons (Fsp3) is 0.462. The Morgan fingerprint density at radius 2 is 2.31 bits per heavy atom. The molecule has 1 unspecified atom stereocenters. The minimum atomic E-state index is 0.841. The number of nitrogens with one attached hydrogen (secondary N) is 1. The SMILES string of the molecule is CCC1CCN(c2nc3ccccc3[nH]2)C1. The van der Waals surface area contributed by atoms with Gasteiger partial charge in [0.25, 0.3) is 0 Å². The maximum Gasteiger partial charge on any atom is 0.203 e. The van der Waals surface area contributed by atoms with Gasteiger partial charge in [0.1, 0.15) is 0 Å². The quantitative estimate of drug-likeness (QED) is 0.835. The normalized spacial score (nSPS) is 20.8. The van der Waals surface area contributed by atoms with E-state index in [4.69, 9.17) is 0 Å². The smallest absolute Gasteiger partial charge is 0.203 e. The molecule has 2 aromatic rings. The highest BCUT2D eigenvalue weighted by Gasteiger charge is 2.22. The average Bonchev–Trinajstić information content (AvgIpc) is 2.95. The Labute approximate surface area is 95.5 Å². The van der Waals surface area contributed by atoms with Crippen LogP contribution in [0.5, 0.6) is 0 Å². The van der Waals surface area contributed by atoms with Crippen molar-refractivity contribution >= 4 is 17.0 Å². The van der Waals surface area contributed by atoms with E-state index in [2.05, 4.69) is 33.9 Å². The summed E-state index contributed by atoms with van der Waals surface area (Å²) in [7, 11) is 0. The molecule has 3 nitrogen and oxygen atoms in total. The zero-order chi connectivity index (χ0) is 11.0. The summed E-state index contributed by atoms with van der Waals surface area (Å²) in [6, 6.07) is 8.22. The van der Waals surface area contributed by atoms with Gasteiger partial charge in [0.05, 0.1) is 11.0 Å². The first-order valence-corrected chi connectivity index (χ1v) is 6.06. The Balaban J connectivity index is 1.89. The zero-order valence-electron chi connectivity index (χ0n) is 9.61. The van der Waals surface area contributed by atoms with E-state index < -0.39 is 0 Å². The first-order valence-electron chi connectivity index (χ1n) is 6.06. The van der Waals surface area contributed by atoms with E-state index >= 15 is 0 Å². The third kappa shape index (κ3) is 1.56. The number of aromatic nitrogens is 2. The first-order chi connectivity index (χ1) is 7.86. The molecular weight excluding hydrogens is 198 g/mol. The number of fused-ring (bicyclic) bond motifs is 1. The van der Waals surface area contributed by atoms with Gasteiger partial charge in [-0.25, -0.2) is 4.98 Å². The second-order valence-electron chi connectivity index (χ2n) is 4.59. The van der Waals surface area contributed by atoms with Gasteiger partial charge in [-0.3, -0.25) is 0 Å². The van der Waals surface area contributed by atoms with Gasteiger partial charge in [-0.1, -0.05) is 25.5 Å². The molecule has 1 saturated heterocycles. The maximum absolute atomic E-state index is 4.63. The molecule has 1 atom stereocenters. The van der Waals surface area contributed by atoms with Crippen molar-refractivity contribution in [1.82, 2.24) is 9.97 Å². The highest BCUT2D eigenvalue weighted by Crippen LogP contribution is 2.25. The van der Waals surface area contributed by atoms with Gasteiger partial charge in [0.2, 0.25) is 5.95 Å². The lowest BCUT2D eigenvalue weighted by Crippen LogP contribution is -2.20. The lowest BCUT2D eigenvalue weighted by atomic mass is 10.1. The van der Waals surface area contributed by atoms with Gasteiger partial charge < -0.3 is 9.88 Å². The molecule has 1 aliphatic heterocycles. The van der Waals surface area contributed by atoms with Crippen molar-refractivity contribution in [3.63, 3.8) is 0 Å². The summed E-state index contributed by atoms with van der Waals surface area (Å²) in [5, 5.41) is 0. The lowest BCUT2D eigenvalue weighted by Gasteiger charge is -2.14. The first kappa shape index (κ1) is 9.70. The van der Waals surface area contributed by atoms with Gasteiger partial charge in [-0.15, -0.1) is 0 Å². The summed E-state index contributed by atoms with van der Waals surface area (Å²) >= 11 is 0. The highest BCUT2D eigenvalue weighted by molar-refractivity contribution is 5.77. The zero-order valence-corrected chi connectivity index (χ0v) is 9.61. The molecule has 2 heterocycles. The Morgan fingerprint density at radius 3 is 3.06 bits per heavy atom. The van der Waals surface area contributed by atoms with Crippen LogP contribution in [0.2, 0.25) is 0 Å². The summed E-state index contributed by atoms with van der Waals surface area (Å²) < 4.78 is 0. The Hall–Kier alpha value is -1.51. The summed E-state index contributed by atoms with van der Waals surface area (Å²) in [6.45, 7) is 4.56. The van der Waals surface area contributed by atoms with E-state index in [1.807, 2.05) is 12.1 Å². The molecule has 0 radical (unpaired) electrons. The third-order valence-electron chi connectivity index (χ3n) is 3.54. The van der Waals surface area contributed by atoms with Crippen LogP contribution in [0.25, 0.3) is 11.0 Å². The number of rotatable bonds is 2. The Kier molecular flexibility index (Phi) is 2.31. The molecular formula is C13H17N3. The number of hydrogen-bond acceptors (Lipinski definition) is 2. The largest absolute Gasteiger partial charge is 0.342 e. The van der Waals surface area contributed by atoms with Gasteiger partial charge in [0, 0.05) is 13.1 Å². The number of nitrogens with zero attached hydrogens (tertiary/aromatic N) is 2. The molecule has 3 rings (SSSR count). The van der Waals surface area contributed by atoms with E-state index in [1.54, 1.807) is 0 Å². The van der Waals surface area contributed by atoms with Crippen molar-refractivity contribution in [3.05, 3.63) is 24.3 Å². The maximum atomic E-state index is 4.63. The van der Waals surface area contributed by atoms with Crippen LogP contribution in [-0.2, 0) is 0 Å². The predicted molar refractivity (Wildman–Crippen MR) is 66.7 cm³/mol. The molecule has 0 aliphatic carbocycles. The van der Waals surface area contributed by atoms with Crippen LogP contribution in [0.1, 0.15) is 19.8 Å². The molecule has 3 heteroatoms. The van der Waals surface area contributed by atoms with E-state index in [-0.39, 0.29) is 0 Å². The molecule has 1 N–H and O–H groups in total. The molecule has 1 aromatic heterocycles. The minimum absolute atomic E-state index is 0.841. The Morgan fingerprint density at radius 1 is 1.44 bits per heavy atom. The number of anilines is 1. The van der Waals surface area contributed by atoms with Crippen molar-refractivity contribution in [1.29, 1.82) is 0 Å². The fourth-order valence-corrected chi connectivity index (χ4v) is 2.45. The number of hydrogen-bond donors (Lipinski definition) is 1. The third-order valence-corrected chi connectivity index (χ3v) is 3.54.